The zero-order chi connectivity index (χ0) is 27.6. The Morgan fingerprint density at radius 3 is 1.82 bits per heavy atom. The van der Waals surface area contributed by atoms with E-state index < -0.39 is 46.9 Å². The van der Waals surface area contributed by atoms with Gasteiger partial charge in [-0.2, -0.15) is 0 Å². The quantitative estimate of drug-likeness (QED) is 0.235. The van der Waals surface area contributed by atoms with Gasteiger partial charge in [0, 0.05) is 16.1 Å². The average molecular weight is 550 g/mol. The minimum absolute atomic E-state index is 0.197. The van der Waals surface area contributed by atoms with E-state index in [1.807, 2.05) is 6.07 Å². The van der Waals surface area contributed by atoms with E-state index in [-0.39, 0.29) is 11.1 Å². The maximum absolute atomic E-state index is 14.1. The van der Waals surface area contributed by atoms with Crippen molar-refractivity contribution in [1.82, 2.24) is 0 Å². The van der Waals surface area contributed by atoms with Crippen LogP contribution in [0.1, 0.15) is 32.4 Å². The number of halogens is 1. The monoisotopic (exact) mass is 549 g/mol. The van der Waals surface area contributed by atoms with Crippen molar-refractivity contribution in [2.24, 2.45) is 11.8 Å². The minimum Gasteiger partial charge on any atom is -0.457 e. The first-order chi connectivity index (χ1) is 19.4. The Hall–Kier alpha value is -4.59. The van der Waals surface area contributed by atoms with Crippen molar-refractivity contribution in [2.45, 2.75) is 11.7 Å². The number of nitrogens with zero attached hydrogens (tertiary/aromatic N) is 1. The predicted molar refractivity (Wildman–Crippen MR) is 146 cm³/mol. The molecular formula is C32H20ClNO6. The lowest BCUT2D eigenvalue weighted by atomic mass is 9.77. The molecule has 0 aromatic heterocycles. The minimum atomic E-state index is -2.10. The maximum atomic E-state index is 14.1. The Bertz CT molecular complexity index is 1660. The van der Waals surface area contributed by atoms with Crippen molar-refractivity contribution in [3.8, 4) is 11.5 Å². The van der Waals surface area contributed by atoms with Gasteiger partial charge in [-0.05, 0) is 54.1 Å². The number of imide groups is 1. The third-order valence-electron chi connectivity index (χ3n) is 7.79. The summed E-state index contributed by atoms with van der Waals surface area (Å²) in [6.45, 7) is 0. The molecule has 2 heterocycles. The van der Waals surface area contributed by atoms with Crippen LogP contribution in [0.2, 0.25) is 5.02 Å². The van der Waals surface area contributed by atoms with Gasteiger partial charge in [-0.1, -0.05) is 66.2 Å². The molecule has 3 unspecified atom stereocenters. The lowest BCUT2D eigenvalue weighted by molar-refractivity contribution is -0.127. The molecule has 0 saturated carbocycles. The van der Waals surface area contributed by atoms with E-state index in [0.29, 0.717) is 27.8 Å². The van der Waals surface area contributed by atoms with Crippen molar-refractivity contribution in [3.63, 3.8) is 0 Å². The van der Waals surface area contributed by atoms with Crippen LogP contribution in [0, 0.1) is 11.8 Å². The molecule has 40 heavy (non-hydrogen) atoms. The van der Waals surface area contributed by atoms with Crippen LogP contribution in [0.5, 0.6) is 11.5 Å². The number of ketones is 2. The Labute approximate surface area is 233 Å². The number of Topliss-reactive ketones (excluding diaryl/α,β-unsaturated/α-hetero) is 2. The molecular weight excluding hydrogens is 530 g/mol. The van der Waals surface area contributed by atoms with E-state index in [0.717, 1.165) is 4.90 Å². The first-order valence-electron chi connectivity index (χ1n) is 12.7. The van der Waals surface area contributed by atoms with Crippen LogP contribution in [0.25, 0.3) is 0 Å². The van der Waals surface area contributed by atoms with Gasteiger partial charge in [-0.3, -0.25) is 19.2 Å². The summed E-state index contributed by atoms with van der Waals surface area (Å²) in [4.78, 5) is 56.8. The molecule has 2 saturated heterocycles. The van der Waals surface area contributed by atoms with Crippen LogP contribution in [0.3, 0.4) is 0 Å². The number of rotatable bonds is 4. The third-order valence-corrected chi connectivity index (χ3v) is 8.04. The second kappa shape index (κ2) is 8.98. The summed E-state index contributed by atoms with van der Waals surface area (Å²) < 4.78 is 12.1. The summed E-state index contributed by atoms with van der Waals surface area (Å²) >= 11 is 5.94. The van der Waals surface area contributed by atoms with E-state index in [2.05, 4.69) is 0 Å². The second-order valence-electron chi connectivity index (χ2n) is 9.95. The van der Waals surface area contributed by atoms with Crippen LogP contribution < -0.4 is 9.64 Å². The highest BCUT2D eigenvalue weighted by atomic mass is 35.5. The molecule has 7 nitrogen and oxygen atoms in total. The normalized spacial score (nSPS) is 22.6. The number of hydrogen-bond donors (Lipinski definition) is 0. The molecule has 4 aromatic rings. The van der Waals surface area contributed by atoms with Gasteiger partial charge in [0.2, 0.25) is 29.0 Å². The van der Waals surface area contributed by atoms with Gasteiger partial charge in [0.15, 0.2) is 0 Å². The average Bonchev–Trinajstić information content (AvgIpc) is 3.55. The lowest BCUT2D eigenvalue weighted by Crippen LogP contribution is -2.51. The summed E-state index contributed by atoms with van der Waals surface area (Å²) in [7, 11) is 0. The van der Waals surface area contributed by atoms with Gasteiger partial charge < -0.3 is 9.47 Å². The van der Waals surface area contributed by atoms with Gasteiger partial charge in [-0.15, -0.1) is 0 Å². The van der Waals surface area contributed by atoms with Crippen molar-refractivity contribution in [3.05, 3.63) is 125 Å². The summed E-state index contributed by atoms with van der Waals surface area (Å²) in [5.74, 6) is -3.64. The van der Waals surface area contributed by atoms with E-state index in [1.54, 1.807) is 97.1 Å². The maximum Gasteiger partial charge on any atom is 0.241 e. The first-order valence-corrected chi connectivity index (χ1v) is 13.1. The molecule has 3 atom stereocenters. The first kappa shape index (κ1) is 24.5. The number of benzene rings is 4. The van der Waals surface area contributed by atoms with Crippen molar-refractivity contribution < 1.29 is 28.7 Å². The fourth-order valence-corrected chi connectivity index (χ4v) is 6.14. The van der Waals surface area contributed by atoms with Crippen molar-refractivity contribution in [2.75, 3.05) is 4.90 Å². The molecule has 1 aliphatic carbocycles. The SMILES string of the molecule is O=C1C2C(c3ccccc3)OC3(C(=O)c4ccccc4C3=O)C2C(=O)N1c1ccc(Oc2ccc(Cl)cc2)cc1. The Balaban J connectivity index is 1.28. The summed E-state index contributed by atoms with van der Waals surface area (Å²) in [6, 6.07) is 28.7. The van der Waals surface area contributed by atoms with Crippen LogP contribution >= 0.6 is 11.6 Å². The number of amides is 2. The molecule has 3 aliphatic rings. The topological polar surface area (TPSA) is 90.0 Å². The van der Waals surface area contributed by atoms with E-state index >= 15 is 0 Å². The van der Waals surface area contributed by atoms with Crippen LogP contribution in [-0.2, 0) is 14.3 Å². The zero-order valence-corrected chi connectivity index (χ0v) is 21.6. The number of anilines is 1. The molecule has 0 bridgehead atoms. The summed E-state index contributed by atoms with van der Waals surface area (Å²) in [5, 5.41) is 0.581. The molecule has 2 aliphatic heterocycles. The Morgan fingerprint density at radius 2 is 1.23 bits per heavy atom. The molecule has 8 heteroatoms. The number of fused-ring (bicyclic) bond motifs is 3. The molecule has 1 spiro atoms. The summed E-state index contributed by atoms with van der Waals surface area (Å²) in [5.41, 5.74) is -0.788. The Morgan fingerprint density at radius 1 is 0.675 bits per heavy atom. The van der Waals surface area contributed by atoms with Gasteiger partial charge in [0.1, 0.15) is 11.5 Å². The third kappa shape index (κ3) is 3.41. The van der Waals surface area contributed by atoms with E-state index in [9.17, 15) is 19.2 Å². The zero-order valence-electron chi connectivity index (χ0n) is 20.8. The van der Waals surface area contributed by atoms with Gasteiger partial charge in [0.05, 0.1) is 23.6 Å². The number of hydrogen-bond acceptors (Lipinski definition) is 6. The molecule has 0 radical (unpaired) electrons. The number of ether oxygens (including phenoxy) is 2. The smallest absolute Gasteiger partial charge is 0.241 e. The number of carbonyl (C=O) groups excluding carboxylic acids is 4. The summed E-state index contributed by atoms with van der Waals surface area (Å²) in [6.07, 6.45) is -0.956. The molecule has 2 amide bonds. The molecule has 0 N–H and O–H groups in total. The predicted octanol–water partition coefficient (Wildman–Crippen LogP) is 5.83. The largest absolute Gasteiger partial charge is 0.457 e. The standard InChI is InChI=1S/C32H20ClNO6/c33-19-10-14-21(15-11-19)39-22-16-12-20(13-17-22)34-30(37)25-26(31(34)38)32(40-27(25)18-6-2-1-3-7-18)28(35)23-8-4-5-9-24(23)29(32)36/h1-17,25-27H. The molecule has 7 rings (SSSR count). The van der Waals surface area contributed by atoms with Gasteiger partial charge in [-0.25, -0.2) is 4.90 Å². The second-order valence-corrected chi connectivity index (χ2v) is 10.4. The highest BCUT2D eigenvalue weighted by molar-refractivity contribution is 6.37. The highest BCUT2D eigenvalue weighted by Gasteiger charge is 2.74. The van der Waals surface area contributed by atoms with E-state index in [4.69, 9.17) is 21.1 Å². The number of carbonyl (C=O) groups is 4. The molecule has 2 fully saturated rings. The fourth-order valence-electron chi connectivity index (χ4n) is 6.02. The van der Waals surface area contributed by atoms with Crippen LogP contribution in [0.15, 0.2) is 103 Å². The van der Waals surface area contributed by atoms with E-state index in [1.165, 1.54) is 0 Å². The highest BCUT2D eigenvalue weighted by Crippen LogP contribution is 2.57. The fraction of sp³-hybridized carbons (Fsp3) is 0.125. The molecule has 4 aromatic carbocycles. The lowest BCUT2D eigenvalue weighted by Gasteiger charge is -2.27. The van der Waals surface area contributed by atoms with Crippen molar-refractivity contribution >= 4 is 40.7 Å². The van der Waals surface area contributed by atoms with Crippen molar-refractivity contribution in [1.29, 1.82) is 0 Å². The molecule has 196 valence electrons. The van der Waals surface area contributed by atoms with Crippen LogP contribution in [-0.4, -0.2) is 29.0 Å². The van der Waals surface area contributed by atoms with Gasteiger partial charge >= 0.3 is 0 Å². The Kier molecular flexibility index (Phi) is 5.49. The van der Waals surface area contributed by atoms with Gasteiger partial charge in [0.25, 0.3) is 0 Å². The van der Waals surface area contributed by atoms with Crippen LogP contribution in [0.4, 0.5) is 5.69 Å².